The largest absolute Gasteiger partial charge is 0.481 e. The second-order valence-electron chi connectivity index (χ2n) is 20.4. The van der Waals surface area contributed by atoms with Crippen molar-refractivity contribution in [3.8, 4) is 0 Å². The van der Waals surface area contributed by atoms with E-state index in [0.29, 0.717) is 48.1 Å². The van der Waals surface area contributed by atoms with E-state index < -0.39 is 22.7 Å². The molecule has 5 aliphatic carbocycles. The molecule has 0 amide bonds. The van der Waals surface area contributed by atoms with Crippen molar-refractivity contribution in [2.75, 3.05) is 45.8 Å². The van der Waals surface area contributed by atoms with E-state index in [9.17, 15) is 23.5 Å². The molecule has 11 unspecified atom stereocenters. The second-order valence-corrected chi connectivity index (χ2v) is 21.4. The summed E-state index contributed by atoms with van der Waals surface area (Å²) >= 11 is -1.87. The molecule has 10 heteroatoms. The zero-order chi connectivity index (χ0) is 38.1. The average molecular weight is 746 g/mol. The summed E-state index contributed by atoms with van der Waals surface area (Å²) in [6.07, 6.45) is 11.6. The molecule has 5 saturated carbocycles. The van der Waals surface area contributed by atoms with Crippen LogP contribution in [0.15, 0.2) is 12.2 Å². The molecule has 0 bridgehead atoms. The third kappa shape index (κ3) is 6.68. The van der Waals surface area contributed by atoms with Crippen molar-refractivity contribution in [1.82, 2.24) is 14.5 Å². The first kappa shape index (κ1) is 40.3. The van der Waals surface area contributed by atoms with Crippen LogP contribution in [-0.2, 0) is 25.6 Å². The topological polar surface area (TPSA) is 119 Å². The first-order valence-electron chi connectivity index (χ1n) is 20.6. The van der Waals surface area contributed by atoms with E-state index in [2.05, 4.69) is 58.3 Å². The highest BCUT2D eigenvalue weighted by atomic mass is 32.2. The van der Waals surface area contributed by atoms with Gasteiger partial charge in [-0.2, -0.15) is 4.31 Å². The molecule has 1 saturated heterocycles. The number of esters is 1. The minimum absolute atomic E-state index is 0.104. The van der Waals surface area contributed by atoms with E-state index in [1.54, 1.807) is 18.2 Å². The van der Waals surface area contributed by atoms with Gasteiger partial charge in [-0.1, -0.05) is 46.8 Å². The van der Waals surface area contributed by atoms with Gasteiger partial charge in [0, 0.05) is 51.2 Å². The van der Waals surface area contributed by atoms with Crippen LogP contribution in [0.1, 0.15) is 126 Å². The molecular weight excluding hydrogens is 675 g/mol. The van der Waals surface area contributed by atoms with Gasteiger partial charge < -0.3 is 15.2 Å². The molecule has 1 aliphatic heterocycles. The van der Waals surface area contributed by atoms with Gasteiger partial charge in [0.1, 0.15) is 6.10 Å². The van der Waals surface area contributed by atoms with Gasteiger partial charge >= 0.3 is 11.9 Å². The predicted molar refractivity (Wildman–Crippen MR) is 207 cm³/mol. The van der Waals surface area contributed by atoms with E-state index in [1.807, 2.05) is 0 Å². The van der Waals surface area contributed by atoms with Crippen molar-refractivity contribution in [1.29, 1.82) is 0 Å². The third-order valence-corrected chi connectivity index (χ3v) is 18.1. The van der Waals surface area contributed by atoms with Crippen molar-refractivity contribution in [2.24, 2.45) is 62.1 Å². The number of hydrogen-bond acceptors (Lipinski definition) is 6. The summed E-state index contributed by atoms with van der Waals surface area (Å²) in [6, 6.07) is 0. The number of carboxylic acid groups (broad SMARTS) is 1. The summed E-state index contributed by atoms with van der Waals surface area (Å²) in [4.78, 5) is 27.3. The fraction of sp³-hybridized carbons (Fsp3) is 0.905. The Hall–Kier alpha value is -1.33. The van der Waals surface area contributed by atoms with Crippen LogP contribution < -0.4 is 5.32 Å². The summed E-state index contributed by atoms with van der Waals surface area (Å²) < 4.78 is 28.7. The van der Waals surface area contributed by atoms with Gasteiger partial charge in [-0.3, -0.25) is 19.0 Å². The van der Waals surface area contributed by atoms with E-state index in [1.165, 1.54) is 50.5 Å². The maximum absolute atomic E-state index is 13.1. The normalized spacial score (nSPS) is 42.6. The number of carbonyl (C=O) groups is 2. The van der Waals surface area contributed by atoms with Crippen molar-refractivity contribution >= 4 is 23.2 Å². The smallest absolute Gasteiger partial charge is 0.309 e. The zero-order valence-electron chi connectivity index (χ0n) is 33.7. The molecule has 0 aromatic rings. The lowest BCUT2D eigenvalue weighted by molar-refractivity contribution is -0.250. The van der Waals surface area contributed by atoms with Crippen LogP contribution in [0, 0.1) is 62.1 Å². The summed E-state index contributed by atoms with van der Waals surface area (Å²) in [7, 11) is 0. The van der Waals surface area contributed by atoms with E-state index in [-0.39, 0.29) is 40.2 Å². The first-order chi connectivity index (χ1) is 24.2. The Kier molecular flexibility index (Phi) is 11.1. The van der Waals surface area contributed by atoms with Gasteiger partial charge in [0.05, 0.1) is 11.8 Å². The molecule has 0 aromatic carbocycles. The number of carboxylic acids is 1. The molecule has 52 heavy (non-hydrogen) atoms. The van der Waals surface area contributed by atoms with Gasteiger partial charge in [0.25, 0.3) is 0 Å². The maximum atomic E-state index is 13.1. The van der Waals surface area contributed by atoms with Crippen LogP contribution in [0.2, 0.25) is 0 Å². The van der Waals surface area contributed by atoms with E-state index in [4.69, 9.17) is 4.74 Å². The second kappa shape index (κ2) is 14.3. The van der Waals surface area contributed by atoms with E-state index >= 15 is 0 Å². The Bertz CT molecular complexity index is 1410. The first-order valence-corrected chi connectivity index (χ1v) is 21.7. The van der Waals surface area contributed by atoms with Crippen LogP contribution in [-0.4, -0.2) is 86.9 Å². The monoisotopic (exact) mass is 746 g/mol. The Morgan fingerprint density at radius 3 is 2.23 bits per heavy atom. The highest BCUT2D eigenvalue weighted by molar-refractivity contribution is 7.76. The SMILES string of the molecule is C=C(C)C1CCC2(CNCCN3CCN(S(=O)O)CC3)CCC3(C)C(CCC4C5(C)CCC(OC(=O)CC(C)(C)C(=O)O)C(C)(C)C5CCC43C)C12. The van der Waals surface area contributed by atoms with Gasteiger partial charge in [0.15, 0.2) is 0 Å². The number of fused-ring (bicyclic) bond motifs is 7. The van der Waals surface area contributed by atoms with Crippen LogP contribution in [0.5, 0.6) is 0 Å². The Labute approximate surface area is 317 Å². The third-order valence-electron chi connectivity index (χ3n) is 17.3. The molecule has 1 heterocycles. The van der Waals surface area contributed by atoms with Crippen molar-refractivity contribution in [3.05, 3.63) is 12.2 Å². The standard InChI is InChI=1S/C42H71N3O6S/c1-28(2)29-12-17-42(27-43-20-21-44-22-24-45(25-23-44)52(49)50)19-18-40(8)30(35(29)42)10-11-32-39(7)15-14-33(51-34(46)26-37(3,4)36(47)48)38(5,6)31(39)13-16-41(32,40)9/h29-33,35,43H,1,10-27H2,2-9H3,(H,47,48)(H,49,50). The van der Waals surface area contributed by atoms with Crippen molar-refractivity contribution in [2.45, 2.75) is 132 Å². The number of rotatable bonds is 11. The molecular formula is C42H71N3O6S. The lowest BCUT2D eigenvalue weighted by atomic mass is 9.32. The fourth-order valence-corrected chi connectivity index (χ4v) is 14.6. The molecule has 9 nitrogen and oxygen atoms in total. The van der Waals surface area contributed by atoms with Crippen molar-refractivity contribution in [3.63, 3.8) is 0 Å². The lowest BCUT2D eigenvalue weighted by Gasteiger charge is -2.73. The molecule has 0 radical (unpaired) electrons. The average Bonchev–Trinajstić information content (AvgIpc) is 3.45. The number of piperazine rings is 1. The maximum Gasteiger partial charge on any atom is 0.309 e. The van der Waals surface area contributed by atoms with Crippen LogP contribution in [0.3, 0.4) is 0 Å². The zero-order valence-corrected chi connectivity index (χ0v) is 34.5. The summed E-state index contributed by atoms with van der Waals surface area (Å²) in [5.41, 5.74) is 1.05. The highest BCUT2D eigenvalue weighted by Crippen LogP contribution is 2.77. The number of allylic oxidation sites excluding steroid dienone is 1. The molecule has 3 N–H and O–H groups in total. The quantitative estimate of drug-likeness (QED) is 0.0867. The molecule has 6 aliphatic rings. The highest BCUT2D eigenvalue weighted by Gasteiger charge is 2.71. The molecule has 296 valence electrons. The van der Waals surface area contributed by atoms with Gasteiger partial charge in [-0.15, -0.1) is 0 Å². The van der Waals surface area contributed by atoms with E-state index in [0.717, 1.165) is 52.0 Å². The molecule has 0 spiro atoms. The molecule has 6 fully saturated rings. The minimum atomic E-state index is -1.87. The van der Waals surface area contributed by atoms with Crippen LogP contribution >= 0.6 is 0 Å². The molecule has 6 rings (SSSR count). The lowest BCUT2D eigenvalue weighted by Crippen LogP contribution is -2.67. The Morgan fingerprint density at radius 1 is 0.904 bits per heavy atom. The number of aliphatic carboxylic acids is 1. The number of hydrogen-bond donors (Lipinski definition) is 3. The number of ether oxygens (including phenoxy) is 1. The summed E-state index contributed by atoms with van der Waals surface area (Å²) in [5.74, 6) is 1.65. The Balaban J connectivity index is 1.16. The fourth-order valence-electron chi connectivity index (χ4n) is 14.1. The summed E-state index contributed by atoms with van der Waals surface area (Å²) in [6.45, 7) is 28.7. The van der Waals surface area contributed by atoms with Gasteiger partial charge in [-0.25, -0.2) is 4.21 Å². The van der Waals surface area contributed by atoms with Crippen LogP contribution in [0.4, 0.5) is 0 Å². The summed E-state index contributed by atoms with van der Waals surface area (Å²) in [5, 5.41) is 13.6. The predicted octanol–water partition coefficient (Wildman–Crippen LogP) is 7.40. The Morgan fingerprint density at radius 2 is 1.60 bits per heavy atom. The number of carbonyl (C=O) groups excluding carboxylic acids is 1. The number of nitrogens with one attached hydrogen (secondary N) is 1. The van der Waals surface area contributed by atoms with Crippen molar-refractivity contribution < 1.29 is 28.2 Å². The van der Waals surface area contributed by atoms with Gasteiger partial charge in [-0.05, 0) is 136 Å². The number of nitrogens with zero attached hydrogens (tertiary/aromatic N) is 2. The van der Waals surface area contributed by atoms with Gasteiger partial charge in [0.2, 0.25) is 11.3 Å². The minimum Gasteiger partial charge on any atom is -0.481 e. The van der Waals surface area contributed by atoms with Crippen LogP contribution in [0.25, 0.3) is 0 Å². The molecule has 11 atom stereocenters. The molecule has 0 aromatic heterocycles.